The van der Waals surface area contributed by atoms with Gasteiger partial charge < -0.3 is 5.73 Å². The topological polar surface area (TPSA) is 47.1 Å². The molecule has 0 saturated carbocycles. The van der Waals surface area contributed by atoms with Gasteiger partial charge in [0.05, 0.1) is 11.4 Å². The zero-order chi connectivity index (χ0) is 13.8. The third-order valence-electron chi connectivity index (χ3n) is 3.57. The molecular formula is C15H22N4. The minimum Gasteiger partial charge on any atom is -0.329 e. The van der Waals surface area contributed by atoms with Crippen LogP contribution in [0.3, 0.4) is 0 Å². The molecular weight excluding hydrogens is 236 g/mol. The van der Waals surface area contributed by atoms with Crippen molar-refractivity contribution in [1.82, 2.24) is 14.7 Å². The Balaban J connectivity index is 2.26. The second-order valence-corrected chi connectivity index (χ2v) is 5.02. The van der Waals surface area contributed by atoms with Crippen LogP contribution >= 0.6 is 0 Å². The van der Waals surface area contributed by atoms with Crippen molar-refractivity contribution in [3.8, 4) is 5.69 Å². The summed E-state index contributed by atoms with van der Waals surface area (Å²) in [7, 11) is 2.09. The van der Waals surface area contributed by atoms with Crippen molar-refractivity contribution < 1.29 is 0 Å². The molecule has 19 heavy (non-hydrogen) atoms. The molecule has 1 aromatic heterocycles. The summed E-state index contributed by atoms with van der Waals surface area (Å²) >= 11 is 0. The number of likely N-dealkylation sites (N-methyl/N-ethyl adjacent to an activating group) is 1. The van der Waals surface area contributed by atoms with Crippen LogP contribution in [0, 0.1) is 6.92 Å². The first-order valence-electron chi connectivity index (χ1n) is 6.62. The van der Waals surface area contributed by atoms with Gasteiger partial charge in [-0.2, -0.15) is 5.10 Å². The molecule has 0 aliphatic carbocycles. The van der Waals surface area contributed by atoms with Crippen molar-refractivity contribution >= 4 is 0 Å². The average Bonchev–Trinajstić information content (AvgIpc) is 2.86. The van der Waals surface area contributed by atoms with Gasteiger partial charge in [0.15, 0.2) is 0 Å². The first kappa shape index (κ1) is 13.8. The Morgan fingerprint density at radius 3 is 2.74 bits per heavy atom. The van der Waals surface area contributed by atoms with E-state index < -0.39 is 0 Å². The Hall–Kier alpha value is -1.65. The molecule has 0 fully saturated rings. The molecule has 1 heterocycles. The smallest absolute Gasteiger partial charge is 0.0678 e. The van der Waals surface area contributed by atoms with Gasteiger partial charge in [0.2, 0.25) is 0 Å². The molecule has 0 saturated heterocycles. The molecule has 1 aromatic carbocycles. The van der Waals surface area contributed by atoms with Gasteiger partial charge in [-0.3, -0.25) is 4.90 Å². The standard InChI is InChI=1S/C15H22N4/c1-12-6-4-5-7-15(12)19-14(8-9-17-19)11-18(3)13(2)10-16/h4-9,13H,10-11,16H2,1-3H3. The molecule has 102 valence electrons. The van der Waals surface area contributed by atoms with Crippen molar-refractivity contribution in [2.24, 2.45) is 5.73 Å². The maximum absolute atomic E-state index is 5.71. The number of aromatic nitrogens is 2. The summed E-state index contributed by atoms with van der Waals surface area (Å²) in [6.45, 7) is 5.74. The molecule has 0 spiro atoms. The molecule has 4 heteroatoms. The molecule has 0 aliphatic heterocycles. The van der Waals surface area contributed by atoms with E-state index in [1.807, 2.05) is 23.0 Å². The van der Waals surface area contributed by atoms with Crippen LogP contribution in [0.4, 0.5) is 0 Å². The zero-order valence-corrected chi connectivity index (χ0v) is 11.9. The number of hydrogen-bond donors (Lipinski definition) is 1. The van der Waals surface area contributed by atoms with Crippen LogP contribution in [0.25, 0.3) is 5.69 Å². The van der Waals surface area contributed by atoms with Crippen molar-refractivity contribution in [1.29, 1.82) is 0 Å². The Labute approximate surface area is 114 Å². The molecule has 0 radical (unpaired) electrons. The Morgan fingerprint density at radius 1 is 1.32 bits per heavy atom. The maximum Gasteiger partial charge on any atom is 0.0678 e. The summed E-state index contributed by atoms with van der Waals surface area (Å²) in [4.78, 5) is 2.24. The quantitative estimate of drug-likeness (QED) is 0.892. The molecule has 1 unspecified atom stereocenters. The summed E-state index contributed by atoms with van der Waals surface area (Å²) in [5, 5.41) is 4.44. The summed E-state index contributed by atoms with van der Waals surface area (Å²) in [6.07, 6.45) is 1.85. The van der Waals surface area contributed by atoms with Gasteiger partial charge in [0.1, 0.15) is 0 Å². The maximum atomic E-state index is 5.71. The van der Waals surface area contributed by atoms with E-state index in [1.165, 1.54) is 11.3 Å². The van der Waals surface area contributed by atoms with Crippen LogP contribution in [0.5, 0.6) is 0 Å². The van der Waals surface area contributed by atoms with Gasteiger partial charge in [0.25, 0.3) is 0 Å². The third kappa shape index (κ3) is 3.03. The van der Waals surface area contributed by atoms with Crippen LogP contribution in [0.1, 0.15) is 18.2 Å². The van der Waals surface area contributed by atoms with Crippen molar-refractivity contribution in [3.63, 3.8) is 0 Å². The summed E-state index contributed by atoms with van der Waals surface area (Å²) < 4.78 is 2.01. The van der Waals surface area contributed by atoms with Crippen molar-refractivity contribution in [2.45, 2.75) is 26.4 Å². The molecule has 4 nitrogen and oxygen atoms in total. The van der Waals surface area contributed by atoms with Crippen LogP contribution in [-0.4, -0.2) is 34.3 Å². The highest BCUT2D eigenvalue weighted by Crippen LogP contribution is 2.16. The largest absolute Gasteiger partial charge is 0.329 e. The first-order valence-corrected chi connectivity index (χ1v) is 6.62. The lowest BCUT2D eigenvalue weighted by Crippen LogP contribution is -2.35. The molecule has 2 aromatic rings. The number of rotatable bonds is 5. The van der Waals surface area contributed by atoms with Crippen LogP contribution in [0.2, 0.25) is 0 Å². The zero-order valence-electron chi connectivity index (χ0n) is 11.9. The van der Waals surface area contributed by atoms with E-state index in [2.05, 4.69) is 49.1 Å². The van der Waals surface area contributed by atoms with E-state index in [0.717, 1.165) is 12.2 Å². The summed E-state index contributed by atoms with van der Waals surface area (Å²) in [5.41, 5.74) is 9.25. The lowest BCUT2D eigenvalue weighted by molar-refractivity contribution is 0.250. The number of hydrogen-bond acceptors (Lipinski definition) is 3. The second kappa shape index (κ2) is 5.99. The Morgan fingerprint density at radius 2 is 2.05 bits per heavy atom. The number of aryl methyl sites for hydroxylation is 1. The van der Waals surface area contributed by atoms with Crippen molar-refractivity contribution in [2.75, 3.05) is 13.6 Å². The van der Waals surface area contributed by atoms with Gasteiger partial charge in [-0.1, -0.05) is 18.2 Å². The Bertz CT molecular complexity index is 532. The van der Waals surface area contributed by atoms with Crippen LogP contribution in [0.15, 0.2) is 36.5 Å². The van der Waals surface area contributed by atoms with E-state index >= 15 is 0 Å². The van der Waals surface area contributed by atoms with Crippen molar-refractivity contribution in [3.05, 3.63) is 47.8 Å². The first-order chi connectivity index (χ1) is 9.13. The van der Waals surface area contributed by atoms with E-state index in [1.54, 1.807) is 0 Å². The molecule has 2 rings (SSSR count). The van der Waals surface area contributed by atoms with Gasteiger partial charge in [-0.05, 0) is 38.6 Å². The van der Waals surface area contributed by atoms with E-state index in [9.17, 15) is 0 Å². The molecule has 1 atom stereocenters. The molecule has 0 aliphatic rings. The third-order valence-corrected chi connectivity index (χ3v) is 3.57. The number of nitrogens with zero attached hydrogens (tertiary/aromatic N) is 3. The van der Waals surface area contributed by atoms with Gasteiger partial charge in [0, 0.05) is 25.3 Å². The van der Waals surface area contributed by atoms with E-state index in [0.29, 0.717) is 12.6 Å². The minimum atomic E-state index is 0.361. The SMILES string of the molecule is Cc1ccccc1-n1nccc1CN(C)C(C)CN. The molecule has 0 amide bonds. The summed E-state index contributed by atoms with van der Waals surface area (Å²) in [5.74, 6) is 0. The second-order valence-electron chi connectivity index (χ2n) is 5.02. The monoisotopic (exact) mass is 258 g/mol. The molecule has 0 bridgehead atoms. The van der Waals surface area contributed by atoms with Gasteiger partial charge >= 0.3 is 0 Å². The number of benzene rings is 1. The number of para-hydroxylation sites is 1. The van der Waals surface area contributed by atoms with Crippen LogP contribution < -0.4 is 5.73 Å². The predicted molar refractivity (Wildman–Crippen MR) is 78.3 cm³/mol. The lowest BCUT2D eigenvalue weighted by atomic mass is 10.2. The van der Waals surface area contributed by atoms with Gasteiger partial charge in [-0.25, -0.2) is 4.68 Å². The minimum absolute atomic E-state index is 0.361. The van der Waals surface area contributed by atoms with Crippen LogP contribution in [-0.2, 0) is 6.54 Å². The summed E-state index contributed by atoms with van der Waals surface area (Å²) in [6, 6.07) is 10.7. The highest BCUT2D eigenvalue weighted by atomic mass is 15.3. The fraction of sp³-hybridized carbons (Fsp3) is 0.400. The molecule has 2 N–H and O–H groups in total. The highest BCUT2D eigenvalue weighted by molar-refractivity contribution is 5.40. The highest BCUT2D eigenvalue weighted by Gasteiger charge is 2.12. The fourth-order valence-corrected chi connectivity index (χ4v) is 2.06. The van der Waals surface area contributed by atoms with E-state index in [4.69, 9.17) is 5.73 Å². The Kier molecular flexibility index (Phi) is 4.35. The number of nitrogens with two attached hydrogens (primary N) is 1. The van der Waals surface area contributed by atoms with Gasteiger partial charge in [-0.15, -0.1) is 0 Å². The fourth-order valence-electron chi connectivity index (χ4n) is 2.06. The van der Waals surface area contributed by atoms with E-state index in [-0.39, 0.29) is 0 Å². The average molecular weight is 258 g/mol. The lowest BCUT2D eigenvalue weighted by Gasteiger charge is -2.23. The normalized spacial score (nSPS) is 12.9. The predicted octanol–water partition coefficient (Wildman–Crippen LogP) is 1.96.